The summed E-state index contributed by atoms with van der Waals surface area (Å²) in [7, 11) is 0. The Bertz CT molecular complexity index is 767. The molecule has 1 aromatic carbocycles. The van der Waals surface area contributed by atoms with E-state index in [4.69, 9.17) is 4.74 Å². The highest BCUT2D eigenvalue weighted by Gasteiger charge is 2.16. The number of aromatic nitrogens is 1. The van der Waals surface area contributed by atoms with E-state index in [1.165, 1.54) is 11.3 Å². The molecule has 0 aliphatic heterocycles. The number of carbonyl (C=O) groups excluding carboxylic acids is 1. The maximum atomic E-state index is 12.3. The third-order valence-electron chi connectivity index (χ3n) is 3.17. The van der Waals surface area contributed by atoms with E-state index in [0.717, 1.165) is 22.0 Å². The summed E-state index contributed by atoms with van der Waals surface area (Å²) < 4.78 is 5.56. The number of aryl methyl sites for hydroxylation is 1. The normalized spacial score (nSPS) is 10.5. The van der Waals surface area contributed by atoms with Crippen LogP contribution in [0, 0.1) is 6.92 Å². The Kier molecular flexibility index (Phi) is 5.05. The third kappa shape index (κ3) is 3.97. The third-order valence-corrected chi connectivity index (χ3v) is 5.06. The number of carbonyl (C=O) groups is 1. The van der Waals surface area contributed by atoms with Crippen molar-refractivity contribution >= 4 is 28.6 Å². The summed E-state index contributed by atoms with van der Waals surface area (Å²) in [5.74, 6) is 0.702. The van der Waals surface area contributed by atoms with Crippen LogP contribution in [0.15, 0.2) is 47.2 Å². The summed E-state index contributed by atoms with van der Waals surface area (Å²) in [5, 5.41) is 7.80. The van der Waals surface area contributed by atoms with E-state index in [1.54, 1.807) is 11.3 Å². The average Bonchev–Trinajstić information content (AvgIpc) is 3.21. The van der Waals surface area contributed by atoms with Gasteiger partial charge in [-0.15, -0.1) is 11.3 Å². The lowest BCUT2D eigenvalue weighted by atomic mass is 10.3. The van der Waals surface area contributed by atoms with Crippen LogP contribution >= 0.6 is 22.7 Å². The molecule has 1 N–H and O–H groups in total. The van der Waals surface area contributed by atoms with Gasteiger partial charge in [-0.2, -0.15) is 11.3 Å². The van der Waals surface area contributed by atoms with Crippen LogP contribution in [-0.2, 0) is 0 Å². The zero-order valence-electron chi connectivity index (χ0n) is 12.6. The van der Waals surface area contributed by atoms with Crippen molar-refractivity contribution in [2.75, 3.05) is 13.2 Å². The van der Waals surface area contributed by atoms with Crippen LogP contribution in [0.5, 0.6) is 5.75 Å². The second-order valence-electron chi connectivity index (χ2n) is 4.86. The van der Waals surface area contributed by atoms with Gasteiger partial charge in [0.05, 0.1) is 12.2 Å². The lowest BCUT2D eigenvalue weighted by Crippen LogP contribution is -2.27. The zero-order valence-corrected chi connectivity index (χ0v) is 14.2. The molecule has 0 bridgehead atoms. The van der Waals surface area contributed by atoms with Gasteiger partial charge in [-0.3, -0.25) is 4.79 Å². The SMILES string of the molecule is Cc1nc(-c2ccsc2)sc1C(=O)NCCOc1ccccc1. The first-order valence-corrected chi connectivity index (χ1v) is 8.96. The van der Waals surface area contributed by atoms with E-state index in [9.17, 15) is 4.79 Å². The van der Waals surface area contributed by atoms with E-state index < -0.39 is 0 Å². The number of hydrogen-bond donors (Lipinski definition) is 1. The van der Waals surface area contributed by atoms with Crippen molar-refractivity contribution in [3.05, 3.63) is 57.7 Å². The molecule has 0 spiro atoms. The van der Waals surface area contributed by atoms with Crippen LogP contribution in [0.4, 0.5) is 0 Å². The van der Waals surface area contributed by atoms with Crippen molar-refractivity contribution < 1.29 is 9.53 Å². The molecule has 0 saturated carbocycles. The number of ether oxygens (including phenoxy) is 1. The molecule has 2 heterocycles. The summed E-state index contributed by atoms with van der Waals surface area (Å²) in [6.07, 6.45) is 0. The van der Waals surface area contributed by atoms with E-state index in [-0.39, 0.29) is 5.91 Å². The molecule has 6 heteroatoms. The predicted octanol–water partition coefficient (Wildman–Crippen LogP) is 3.99. The molecule has 23 heavy (non-hydrogen) atoms. The number of thiazole rings is 1. The minimum atomic E-state index is -0.0989. The molecule has 0 atom stereocenters. The molecular formula is C17H16N2O2S2. The summed E-state index contributed by atoms with van der Waals surface area (Å²) >= 11 is 3.04. The lowest BCUT2D eigenvalue weighted by molar-refractivity contribution is 0.0950. The topological polar surface area (TPSA) is 51.2 Å². The predicted molar refractivity (Wildman–Crippen MR) is 94.4 cm³/mol. The summed E-state index contributed by atoms with van der Waals surface area (Å²) in [6, 6.07) is 11.6. The lowest BCUT2D eigenvalue weighted by Gasteiger charge is -2.06. The standard InChI is InChI=1S/C17H16N2O2S2/c1-12-15(23-17(19-12)13-7-10-22-11-13)16(20)18-8-9-21-14-5-3-2-4-6-14/h2-7,10-11H,8-9H2,1H3,(H,18,20). The first-order chi connectivity index (χ1) is 11.2. The van der Waals surface area contributed by atoms with Gasteiger partial charge in [-0.05, 0) is 30.5 Å². The minimum absolute atomic E-state index is 0.0989. The number of nitrogens with one attached hydrogen (secondary N) is 1. The van der Waals surface area contributed by atoms with Gasteiger partial charge in [0.1, 0.15) is 22.2 Å². The van der Waals surface area contributed by atoms with Gasteiger partial charge in [-0.1, -0.05) is 18.2 Å². The van der Waals surface area contributed by atoms with Crippen LogP contribution in [0.2, 0.25) is 0 Å². The Labute approximate surface area is 142 Å². The van der Waals surface area contributed by atoms with Crippen molar-refractivity contribution in [2.45, 2.75) is 6.92 Å². The number of amides is 1. The van der Waals surface area contributed by atoms with Crippen LogP contribution in [0.1, 0.15) is 15.4 Å². The van der Waals surface area contributed by atoms with E-state index in [2.05, 4.69) is 10.3 Å². The van der Waals surface area contributed by atoms with E-state index in [1.807, 2.05) is 54.1 Å². The maximum Gasteiger partial charge on any atom is 0.263 e. The van der Waals surface area contributed by atoms with Crippen LogP contribution in [-0.4, -0.2) is 24.0 Å². The Balaban J connectivity index is 1.54. The number of rotatable bonds is 6. The van der Waals surface area contributed by atoms with Crippen LogP contribution in [0.25, 0.3) is 10.6 Å². The molecule has 118 valence electrons. The van der Waals surface area contributed by atoms with Gasteiger partial charge < -0.3 is 10.1 Å². The molecule has 0 saturated heterocycles. The molecule has 0 aliphatic carbocycles. The Morgan fingerprint density at radius 1 is 1.26 bits per heavy atom. The van der Waals surface area contributed by atoms with Crippen molar-refractivity contribution in [3.8, 4) is 16.3 Å². The molecule has 0 radical (unpaired) electrons. The Hall–Kier alpha value is -2.18. The average molecular weight is 344 g/mol. The fourth-order valence-electron chi connectivity index (χ4n) is 2.05. The highest BCUT2D eigenvalue weighted by atomic mass is 32.1. The van der Waals surface area contributed by atoms with Crippen molar-refractivity contribution in [1.82, 2.24) is 10.3 Å². The van der Waals surface area contributed by atoms with E-state index in [0.29, 0.717) is 18.0 Å². The number of para-hydroxylation sites is 1. The van der Waals surface area contributed by atoms with Gasteiger partial charge in [0.25, 0.3) is 5.91 Å². The summed E-state index contributed by atoms with van der Waals surface area (Å²) in [5.41, 5.74) is 1.83. The summed E-state index contributed by atoms with van der Waals surface area (Å²) in [4.78, 5) is 17.4. The first-order valence-electron chi connectivity index (χ1n) is 7.20. The molecule has 1 amide bonds. The van der Waals surface area contributed by atoms with Gasteiger partial charge in [0.2, 0.25) is 0 Å². The van der Waals surface area contributed by atoms with Gasteiger partial charge >= 0.3 is 0 Å². The first kappa shape index (κ1) is 15.7. The Morgan fingerprint density at radius 3 is 2.83 bits per heavy atom. The number of hydrogen-bond acceptors (Lipinski definition) is 5. The van der Waals surface area contributed by atoms with Crippen molar-refractivity contribution in [3.63, 3.8) is 0 Å². The van der Waals surface area contributed by atoms with Gasteiger partial charge in [-0.25, -0.2) is 4.98 Å². The second-order valence-corrected chi connectivity index (χ2v) is 6.64. The van der Waals surface area contributed by atoms with Gasteiger partial charge in [0.15, 0.2) is 0 Å². The molecule has 0 aliphatic rings. The van der Waals surface area contributed by atoms with Gasteiger partial charge in [0, 0.05) is 10.9 Å². The molecule has 2 aromatic heterocycles. The molecule has 0 fully saturated rings. The quantitative estimate of drug-likeness (QED) is 0.688. The Morgan fingerprint density at radius 2 is 2.09 bits per heavy atom. The fourth-order valence-corrected chi connectivity index (χ4v) is 3.74. The largest absolute Gasteiger partial charge is 0.492 e. The monoisotopic (exact) mass is 344 g/mol. The molecule has 3 rings (SSSR count). The molecule has 3 aromatic rings. The highest BCUT2D eigenvalue weighted by Crippen LogP contribution is 2.29. The number of thiophene rings is 1. The summed E-state index contributed by atoms with van der Waals surface area (Å²) in [6.45, 7) is 2.76. The van der Waals surface area contributed by atoms with Crippen molar-refractivity contribution in [2.24, 2.45) is 0 Å². The molecule has 4 nitrogen and oxygen atoms in total. The zero-order chi connectivity index (χ0) is 16.1. The highest BCUT2D eigenvalue weighted by molar-refractivity contribution is 7.17. The smallest absolute Gasteiger partial charge is 0.263 e. The fraction of sp³-hybridized carbons (Fsp3) is 0.176. The maximum absolute atomic E-state index is 12.3. The second kappa shape index (κ2) is 7.39. The molecular weight excluding hydrogens is 328 g/mol. The number of benzene rings is 1. The van der Waals surface area contributed by atoms with Crippen LogP contribution < -0.4 is 10.1 Å². The van der Waals surface area contributed by atoms with Crippen molar-refractivity contribution in [1.29, 1.82) is 0 Å². The minimum Gasteiger partial charge on any atom is -0.492 e. The molecule has 0 unspecified atom stereocenters. The van der Waals surface area contributed by atoms with Crippen LogP contribution in [0.3, 0.4) is 0 Å². The van der Waals surface area contributed by atoms with E-state index >= 15 is 0 Å². The number of nitrogens with zero attached hydrogens (tertiary/aromatic N) is 1.